The highest BCUT2D eigenvalue weighted by Gasteiger charge is 2.19. The molecule has 0 spiro atoms. The molecule has 2 aromatic rings. The fourth-order valence-corrected chi connectivity index (χ4v) is 1.83. The summed E-state index contributed by atoms with van der Waals surface area (Å²) < 4.78 is 18.7. The number of halogens is 2. The van der Waals surface area contributed by atoms with Crippen LogP contribution in [0, 0.1) is 5.82 Å². The molecule has 5 heteroatoms. The summed E-state index contributed by atoms with van der Waals surface area (Å²) in [6.45, 7) is 0. The maximum absolute atomic E-state index is 13.7. The van der Waals surface area contributed by atoms with Gasteiger partial charge in [-0.05, 0) is 24.3 Å². The minimum Gasteiger partial charge on any atom is -0.481 e. The van der Waals surface area contributed by atoms with Crippen LogP contribution in [0.15, 0.2) is 36.5 Å². The number of benzene rings is 1. The highest BCUT2D eigenvalue weighted by Crippen LogP contribution is 2.30. The monoisotopic (exact) mass is 267 g/mol. The first-order chi connectivity index (χ1) is 8.63. The van der Waals surface area contributed by atoms with Gasteiger partial charge in [0, 0.05) is 22.3 Å². The van der Waals surface area contributed by atoms with Gasteiger partial charge in [0.2, 0.25) is 5.88 Å². The van der Waals surface area contributed by atoms with Crippen LogP contribution in [0.4, 0.5) is 4.39 Å². The predicted octanol–water partition coefficient (Wildman–Crippen LogP) is 2.96. The van der Waals surface area contributed by atoms with Crippen LogP contribution in [-0.4, -0.2) is 17.2 Å². The largest absolute Gasteiger partial charge is 0.481 e. The number of nitrogens with zero attached hydrogens (tertiary/aromatic N) is 1. The summed E-state index contributed by atoms with van der Waals surface area (Å²) in [4.78, 5) is 3.96. The first-order valence-electron chi connectivity index (χ1n) is 5.25. The molecule has 1 atom stereocenters. The highest BCUT2D eigenvalue weighted by molar-refractivity contribution is 6.30. The zero-order valence-electron chi connectivity index (χ0n) is 9.60. The van der Waals surface area contributed by atoms with Crippen LogP contribution in [0.25, 0.3) is 0 Å². The van der Waals surface area contributed by atoms with Gasteiger partial charge in [0.1, 0.15) is 11.9 Å². The lowest BCUT2D eigenvalue weighted by Gasteiger charge is -2.14. The molecule has 1 aromatic heterocycles. The van der Waals surface area contributed by atoms with Crippen molar-refractivity contribution >= 4 is 11.6 Å². The molecule has 2 rings (SSSR count). The van der Waals surface area contributed by atoms with Crippen molar-refractivity contribution in [1.29, 1.82) is 0 Å². The van der Waals surface area contributed by atoms with Crippen molar-refractivity contribution < 1.29 is 14.2 Å². The van der Waals surface area contributed by atoms with E-state index in [1.807, 2.05) is 0 Å². The van der Waals surface area contributed by atoms with Gasteiger partial charge in [0.15, 0.2) is 0 Å². The molecule has 0 fully saturated rings. The number of ether oxygens (including phenoxy) is 1. The second-order valence-electron chi connectivity index (χ2n) is 3.67. The van der Waals surface area contributed by atoms with E-state index in [1.165, 1.54) is 25.4 Å². The van der Waals surface area contributed by atoms with Crippen molar-refractivity contribution in [2.45, 2.75) is 6.10 Å². The van der Waals surface area contributed by atoms with Crippen molar-refractivity contribution in [1.82, 2.24) is 4.98 Å². The molecule has 3 nitrogen and oxygen atoms in total. The molecule has 1 N–H and O–H groups in total. The zero-order chi connectivity index (χ0) is 13.1. The summed E-state index contributed by atoms with van der Waals surface area (Å²) in [5.41, 5.74) is 0.534. The highest BCUT2D eigenvalue weighted by atomic mass is 35.5. The quantitative estimate of drug-likeness (QED) is 0.930. The van der Waals surface area contributed by atoms with Gasteiger partial charge >= 0.3 is 0 Å². The van der Waals surface area contributed by atoms with E-state index in [0.717, 1.165) is 6.07 Å². The third-order valence-electron chi connectivity index (χ3n) is 2.55. The molecule has 0 saturated carbocycles. The molecule has 1 heterocycles. The number of rotatable bonds is 3. The van der Waals surface area contributed by atoms with Crippen LogP contribution in [0.3, 0.4) is 0 Å². The van der Waals surface area contributed by atoms with Gasteiger partial charge in [-0.1, -0.05) is 17.7 Å². The number of aliphatic hydroxyl groups excluding tert-OH is 1. The van der Waals surface area contributed by atoms with Crippen molar-refractivity contribution in [3.05, 3.63) is 58.5 Å². The number of hydrogen-bond acceptors (Lipinski definition) is 3. The number of aliphatic hydroxyl groups is 1. The Hall–Kier alpha value is -1.65. The lowest BCUT2D eigenvalue weighted by Crippen LogP contribution is -2.05. The molecular weight excluding hydrogens is 257 g/mol. The van der Waals surface area contributed by atoms with Gasteiger partial charge in [-0.15, -0.1) is 0 Å². The van der Waals surface area contributed by atoms with Crippen LogP contribution in [-0.2, 0) is 0 Å². The molecule has 0 amide bonds. The molecule has 0 saturated heterocycles. The van der Waals surface area contributed by atoms with E-state index in [2.05, 4.69) is 4.98 Å². The van der Waals surface area contributed by atoms with E-state index < -0.39 is 11.9 Å². The topological polar surface area (TPSA) is 42.4 Å². The molecule has 0 aliphatic heterocycles. The maximum atomic E-state index is 13.7. The first-order valence-corrected chi connectivity index (χ1v) is 5.63. The van der Waals surface area contributed by atoms with E-state index in [4.69, 9.17) is 16.3 Å². The smallest absolute Gasteiger partial charge is 0.219 e. The Morgan fingerprint density at radius 1 is 1.33 bits per heavy atom. The van der Waals surface area contributed by atoms with E-state index in [0.29, 0.717) is 5.56 Å². The molecule has 0 aliphatic rings. The molecule has 0 radical (unpaired) electrons. The third kappa shape index (κ3) is 2.44. The van der Waals surface area contributed by atoms with Crippen molar-refractivity contribution in [3.63, 3.8) is 0 Å². The van der Waals surface area contributed by atoms with Crippen LogP contribution in [0.5, 0.6) is 5.88 Å². The average molecular weight is 268 g/mol. The van der Waals surface area contributed by atoms with Gasteiger partial charge in [0.05, 0.1) is 7.11 Å². The molecular formula is C13H11ClFNO2. The summed E-state index contributed by atoms with van der Waals surface area (Å²) in [5.74, 6) is -0.305. The predicted molar refractivity (Wildman–Crippen MR) is 66.3 cm³/mol. The first kappa shape index (κ1) is 12.8. The second-order valence-corrected chi connectivity index (χ2v) is 4.11. The summed E-state index contributed by atoms with van der Waals surface area (Å²) in [6, 6.07) is 7.39. The zero-order valence-corrected chi connectivity index (χ0v) is 10.4. The Bertz CT molecular complexity index is 562. The molecule has 0 aliphatic carbocycles. The standard InChI is InChI=1S/C13H11ClFNO2/c1-18-13-10(3-2-6-16-13)12(17)9-5-4-8(14)7-11(9)15/h2-7,12,17H,1H3. The van der Waals surface area contributed by atoms with E-state index >= 15 is 0 Å². The third-order valence-corrected chi connectivity index (χ3v) is 2.78. The number of methoxy groups -OCH3 is 1. The molecule has 0 bridgehead atoms. The lowest BCUT2D eigenvalue weighted by molar-refractivity contribution is 0.208. The average Bonchev–Trinajstić information content (AvgIpc) is 2.38. The van der Waals surface area contributed by atoms with Crippen molar-refractivity contribution in [2.75, 3.05) is 7.11 Å². The van der Waals surface area contributed by atoms with Crippen molar-refractivity contribution in [2.24, 2.45) is 0 Å². The van der Waals surface area contributed by atoms with Crippen LogP contribution in [0.2, 0.25) is 5.02 Å². The molecule has 94 valence electrons. The van der Waals surface area contributed by atoms with Gasteiger partial charge in [0.25, 0.3) is 0 Å². The van der Waals surface area contributed by atoms with Crippen LogP contribution in [0.1, 0.15) is 17.2 Å². The SMILES string of the molecule is COc1ncccc1C(O)c1ccc(Cl)cc1F. The van der Waals surface area contributed by atoms with Gasteiger partial charge < -0.3 is 9.84 Å². The molecule has 1 aromatic carbocycles. The van der Waals surface area contributed by atoms with Gasteiger partial charge in [-0.2, -0.15) is 0 Å². The van der Waals surface area contributed by atoms with Crippen LogP contribution >= 0.6 is 11.6 Å². The van der Waals surface area contributed by atoms with Crippen molar-refractivity contribution in [3.8, 4) is 5.88 Å². The Labute approximate surface area is 109 Å². The Kier molecular flexibility index (Phi) is 3.79. The number of hydrogen-bond donors (Lipinski definition) is 1. The minimum atomic E-state index is -1.15. The van der Waals surface area contributed by atoms with Gasteiger partial charge in [-0.3, -0.25) is 0 Å². The van der Waals surface area contributed by atoms with E-state index in [-0.39, 0.29) is 16.5 Å². The molecule has 18 heavy (non-hydrogen) atoms. The molecule has 1 unspecified atom stereocenters. The lowest BCUT2D eigenvalue weighted by atomic mass is 10.0. The van der Waals surface area contributed by atoms with Crippen LogP contribution < -0.4 is 4.74 Å². The second kappa shape index (κ2) is 5.33. The number of pyridine rings is 1. The van der Waals surface area contributed by atoms with E-state index in [1.54, 1.807) is 12.1 Å². The summed E-state index contributed by atoms with van der Waals surface area (Å²) in [6.07, 6.45) is 0.388. The minimum absolute atomic E-state index is 0.130. The maximum Gasteiger partial charge on any atom is 0.219 e. The Morgan fingerprint density at radius 3 is 2.78 bits per heavy atom. The van der Waals surface area contributed by atoms with Gasteiger partial charge in [-0.25, -0.2) is 9.37 Å². The number of aromatic nitrogens is 1. The van der Waals surface area contributed by atoms with E-state index in [9.17, 15) is 9.50 Å². The Balaban J connectivity index is 2.44. The summed E-state index contributed by atoms with van der Waals surface area (Å²) >= 11 is 5.67. The Morgan fingerprint density at radius 2 is 2.11 bits per heavy atom. The fraction of sp³-hybridized carbons (Fsp3) is 0.154. The fourth-order valence-electron chi connectivity index (χ4n) is 1.67. The summed E-state index contributed by atoms with van der Waals surface area (Å²) in [7, 11) is 1.44. The normalized spacial score (nSPS) is 12.2. The summed E-state index contributed by atoms with van der Waals surface area (Å²) in [5, 5.41) is 10.5.